The Kier molecular flexibility index (Phi) is 5.38. The highest BCUT2D eigenvalue weighted by molar-refractivity contribution is 7.89. The maximum Gasteiger partial charge on any atom is 0.324 e. The average molecular weight is 321 g/mol. The van der Waals surface area contributed by atoms with Crippen molar-refractivity contribution in [3.8, 4) is 0 Å². The minimum Gasteiger partial charge on any atom is -0.468 e. The summed E-state index contributed by atoms with van der Waals surface area (Å²) in [5, 5.41) is 0.329. The van der Waals surface area contributed by atoms with E-state index in [2.05, 4.69) is 9.46 Å². The fourth-order valence-corrected chi connectivity index (χ4v) is 3.20. The van der Waals surface area contributed by atoms with Crippen molar-refractivity contribution >= 4 is 33.3 Å². The van der Waals surface area contributed by atoms with Crippen LogP contribution in [0.15, 0.2) is 23.1 Å². The molecule has 1 aromatic rings. The monoisotopic (exact) mass is 320 g/mol. The van der Waals surface area contributed by atoms with E-state index in [1.807, 2.05) is 0 Å². The minimum atomic E-state index is -3.94. The second-order valence-electron chi connectivity index (χ2n) is 4.55. The predicted molar refractivity (Wildman–Crippen MR) is 76.8 cm³/mol. The van der Waals surface area contributed by atoms with E-state index in [0.29, 0.717) is 5.02 Å². The number of anilines is 1. The van der Waals surface area contributed by atoms with E-state index in [0.717, 1.165) is 0 Å². The molecule has 1 atom stereocenters. The molecule has 0 aliphatic heterocycles. The molecular weight excluding hydrogens is 304 g/mol. The Labute approximate surface area is 123 Å². The molecule has 0 aliphatic carbocycles. The molecule has 1 unspecified atom stereocenters. The van der Waals surface area contributed by atoms with E-state index >= 15 is 0 Å². The first-order chi connectivity index (χ1) is 9.19. The van der Waals surface area contributed by atoms with Gasteiger partial charge >= 0.3 is 5.97 Å². The van der Waals surface area contributed by atoms with Gasteiger partial charge < -0.3 is 10.5 Å². The largest absolute Gasteiger partial charge is 0.468 e. The third kappa shape index (κ3) is 3.84. The summed E-state index contributed by atoms with van der Waals surface area (Å²) in [5.41, 5.74) is 5.66. The third-order valence-electron chi connectivity index (χ3n) is 2.67. The summed E-state index contributed by atoms with van der Waals surface area (Å²) < 4.78 is 31.4. The minimum absolute atomic E-state index is 0.0115. The Morgan fingerprint density at radius 1 is 1.40 bits per heavy atom. The summed E-state index contributed by atoms with van der Waals surface area (Å²) in [7, 11) is -2.74. The van der Waals surface area contributed by atoms with Gasteiger partial charge in [-0.05, 0) is 24.1 Å². The van der Waals surface area contributed by atoms with E-state index in [1.165, 1.54) is 25.3 Å². The van der Waals surface area contributed by atoms with Crippen LogP contribution in [0.3, 0.4) is 0 Å². The Morgan fingerprint density at radius 3 is 2.45 bits per heavy atom. The number of hydrogen-bond acceptors (Lipinski definition) is 5. The topological polar surface area (TPSA) is 98.5 Å². The molecule has 0 bridgehead atoms. The highest BCUT2D eigenvalue weighted by Crippen LogP contribution is 2.23. The Morgan fingerprint density at radius 2 is 2.00 bits per heavy atom. The lowest BCUT2D eigenvalue weighted by atomic mass is 10.1. The van der Waals surface area contributed by atoms with Crippen molar-refractivity contribution in [1.29, 1.82) is 0 Å². The number of nitrogens with two attached hydrogens (primary N) is 1. The molecule has 8 heteroatoms. The smallest absolute Gasteiger partial charge is 0.324 e. The molecule has 3 N–H and O–H groups in total. The number of ether oxygens (including phenoxy) is 1. The van der Waals surface area contributed by atoms with Crippen molar-refractivity contribution in [3.05, 3.63) is 23.2 Å². The fourth-order valence-electron chi connectivity index (χ4n) is 1.58. The molecular formula is C12H17ClN2O4S. The molecule has 0 saturated carbocycles. The number of methoxy groups -OCH3 is 1. The van der Waals surface area contributed by atoms with Crippen molar-refractivity contribution in [2.75, 3.05) is 12.8 Å². The summed E-state index contributed by atoms with van der Waals surface area (Å²) in [4.78, 5) is 11.5. The lowest BCUT2D eigenvalue weighted by Gasteiger charge is -2.20. The maximum absolute atomic E-state index is 12.3. The van der Waals surface area contributed by atoms with Crippen molar-refractivity contribution in [1.82, 2.24) is 4.72 Å². The van der Waals surface area contributed by atoms with Crippen LogP contribution in [0.5, 0.6) is 0 Å². The third-order valence-corrected chi connectivity index (χ3v) is 4.42. The lowest BCUT2D eigenvalue weighted by molar-refractivity contribution is -0.143. The molecule has 0 spiro atoms. The summed E-state index contributed by atoms with van der Waals surface area (Å²) >= 11 is 5.73. The SMILES string of the molecule is COC(=O)C(NS(=O)(=O)c1ccc(Cl)cc1N)C(C)C. The average Bonchev–Trinajstić information content (AvgIpc) is 2.34. The zero-order valence-electron chi connectivity index (χ0n) is 11.4. The van der Waals surface area contributed by atoms with Crippen LogP contribution < -0.4 is 10.5 Å². The second-order valence-corrected chi connectivity index (χ2v) is 6.67. The predicted octanol–water partition coefficient (Wildman–Crippen LogP) is 1.40. The summed E-state index contributed by atoms with van der Waals surface area (Å²) in [6.45, 7) is 3.41. The molecule has 112 valence electrons. The highest BCUT2D eigenvalue weighted by atomic mass is 35.5. The first-order valence-corrected chi connectivity index (χ1v) is 7.70. The number of benzene rings is 1. The van der Waals surface area contributed by atoms with Gasteiger partial charge in [0, 0.05) is 5.02 Å². The molecule has 1 aromatic carbocycles. The summed E-state index contributed by atoms with van der Waals surface area (Å²) in [6, 6.07) is 3.04. The van der Waals surface area contributed by atoms with Gasteiger partial charge in [-0.25, -0.2) is 8.42 Å². The van der Waals surface area contributed by atoms with E-state index in [4.69, 9.17) is 17.3 Å². The van der Waals surface area contributed by atoms with E-state index in [9.17, 15) is 13.2 Å². The Balaban J connectivity index is 3.13. The van der Waals surface area contributed by atoms with Gasteiger partial charge in [-0.15, -0.1) is 0 Å². The molecule has 0 saturated heterocycles. The summed E-state index contributed by atoms with van der Waals surface area (Å²) in [5.74, 6) is -0.929. The zero-order valence-corrected chi connectivity index (χ0v) is 13.0. The second kappa shape index (κ2) is 6.43. The standard InChI is InChI=1S/C12H17ClN2O4S/c1-7(2)11(12(16)19-3)15-20(17,18)10-5-4-8(13)6-9(10)14/h4-7,11,15H,14H2,1-3H3. The highest BCUT2D eigenvalue weighted by Gasteiger charge is 2.30. The first-order valence-electron chi connectivity index (χ1n) is 5.84. The quantitative estimate of drug-likeness (QED) is 0.631. The van der Waals surface area contributed by atoms with Gasteiger partial charge in [0.15, 0.2) is 0 Å². The van der Waals surface area contributed by atoms with Crippen LogP contribution in [0.25, 0.3) is 0 Å². The van der Waals surface area contributed by atoms with Crippen LogP contribution in [-0.2, 0) is 19.6 Å². The molecule has 0 fully saturated rings. The van der Waals surface area contributed by atoms with Gasteiger partial charge in [-0.2, -0.15) is 4.72 Å². The van der Waals surface area contributed by atoms with Crippen LogP contribution >= 0.6 is 11.6 Å². The van der Waals surface area contributed by atoms with Crippen LogP contribution in [0, 0.1) is 5.92 Å². The molecule has 0 radical (unpaired) electrons. The van der Waals surface area contributed by atoms with Gasteiger partial charge in [0.25, 0.3) is 0 Å². The van der Waals surface area contributed by atoms with Crippen LogP contribution in [0.4, 0.5) is 5.69 Å². The van der Waals surface area contributed by atoms with Gasteiger partial charge in [0.2, 0.25) is 10.0 Å². The normalized spacial score (nSPS) is 13.2. The van der Waals surface area contributed by atoms with Gasteiger partial charge in [0.1, 0.15) is 10.9 Å². The van der Waals surface area contributed by atoms with E-state index in [1.54, 1.807) is 13.8 Å². The van der Waals surface area contributed by atoms with Crippen LogP contribution in [0.2, 0.25) is 5.02 Å². The molecule has 20 heavy (non-hydrogen) atoms. The number of esters is 1. The van der Waals surface area contributed by atoms with Crippen molar-refractivity contribution in [3.63, 3.8) is 0 Å². The Hall–Kier alpha value is -1.31. The molecule has 6 nitrogen and oxygen atoms in total. The maximum atomic E-state index is 12.3. The van der Waals surface area contributed by atoms with Crippen molar-refractivity contribution < 1.29 is 17.9 Å². The number of sulfonamides is 1. The van der Waals surface area contributed by atoms with Gasteiger partial charge in [0.05, 0.1) is 12.8 Å². The van der Waals surface area contributed by atoms with E-state index in [-0.39, 0.29) is 16.5 Å². The number of rotatable bonds is 5. The van der Waals surface area contributed by atoms with Crippen molar-refractivity contribution in [2.24, 2.45) is 5.92 Å². The van der Waals surface area contributed by atoms with Gasteiger partial charge in [-0.1, -0.05) is 25.4 Å². The number of carbonyl (C=O) groups excluding carboxylic acids is 1. The van der Waals surface area contributed by atoms with Crippen LogP contribution in [-0.4, -0.2) is 27.5 Å². The fraction of sp³-hybridized carbons (Fsp3) is 0.417. The molecule has 1 rings (SSSR count). The molecule has 0 amide bonds. The van der Waals surface area contributed by atoms with E-state index < -0.39 is 22.0 Å². The van der Waals surface area contributed by atoms with Gasteiger partial charge in [-0.3, -0.25) is 4.79 Å². The van der Waals surface area contributed by atoms with Crippen LogP contribution in [0.1, 0.15) is 13.8 Å². The number of nitrogen functional groups attached to an aromatic ring is 1. The molecule has 0 aliphatic rings. The summed E-state index contributed by atoms with van der Waals surface area (Å²) in [6.07, 6.45) is 0. The number of carbonyl (C=O) groups is 1. The Bertz CT molecular complexity index is 601. The lowest BCUT2D eigenvalue weighted by Crippen LogP contribution is -2.45. The molecule has 0 heterocycles. The molecule has 0 aromatic heterocycles. The number of hydrogen-bond donors (Lipinski definition) is 2. The first kappa shape index (κ1) is 16.7. The van der Waals surface area contributed by atoms with Crippen molar-refractivity contribution in [2.45, 2.75) is 24.8 Å². The zero-order chi connectivity index (χ0) is 15.5. The number of nitrogens with one attached hydrogen (secondary N) is 1. The number of halogens is 1.